The Morgan fingerprint density at radius 2 is 1.60 bits per heavy atom. The van der Waals surface area contributed by atoms with E-state index in [0.717, 1.165) is 39.2 Å². The third kappa shape index (κ3) is 4.52. The average molecular weight is 677 g/mol. The van der Waals surface area contributed by atoms with Crippen molar-refractivity contribution in [2.24, 2.45) is 0 Å². The number of aliphatic carboxylic acids is 1. The minimum Gasteiger partial charge on any atom is -0.479 e. The topological polar surface area (TPSA) is 46.5 Å². The highest BCUT2D eigenvalue weighted by atomic mass is 79.9. The van der Waals surface area contributed by atoms with E-state index in [0.29, 0.717) is 21.1 Å². The van der Waals surface area contributed by atoms with E-state index in [1.165, 1.54) is 20.2 Å². The number of hydrogen-bond donors (Lipinski definition) is 1. The molecule has 0 aliphatic rings. The summed E-state index contributed by atoms with van der Waals surface area (Å²) >= 11 is 13.0. The molecule has 0 saturated heterocycles. The first-order valence-corrected chi connectivity index (χ1v) is 14.5. The van der Waals surface area contributed by atoms with E-state index in [-0.39, 0.29) is 0 Å². The van der Waals surface area contributed by atoms with Crippen LogP contribution in [-0.4, -0.2) is 17.2 Å². The molecule has 1 unspecified atom stereocenters. The Kier molecular flexibility index (Phi) is 7.22. The lowest BCUT2D eigenvalue weighted by atomic mass is 9.93. The van der Waals surface area contributed by atoms with Crippen molar-refractivity contribution in [3.63, 3.8) is 0 Å². The number of rotatable bonds is 7. The summed E-state index contributed by atoms with van der Waals surface area (Å²) in [5, 5.41) is 14.4. The van der Waals surface area contributed by atoms with E-state index in [1.54, 1.807) is 11.3 Å². The van der Waals surface area contributed by atoms with E-state index in [4.69, 9.17) is 4.74 Å². The van der Waals surface area contributed by atoms with Crippen LogP contribution in [0, 0.1) is 0 Å². The van der Waals surface area contributed by atoms with Crippen molar-refractivity contribution < 1.29 is 14.6 Å². The second kappa shape index (κ2) is 10.2. The molecule has 178 valence electrons. The molecule has 0 bridgehead atoms. The highest BCUT2D eigenvalue weighted by Crippen LogP contribution is 2.50. The number of unbranched alkanes of at least 4 members (excludes halogenated alkanes) is 1. The van der Waals surface area contributed by atoms with Gasteiger partial charge in [0.15, 0.2) is 6.10 Å². The Morgan fingerprint density at radius 3 is 2.26 bits per heavy atom. The molecule has 5 aromatic rings. The van der Waals surface area contributed by atoms with Gasteiger partial charge >= 0.3 is 5.97 Å². The second-order valence-corrected chi connectivity index (χ2v) is 11.9. The first-order valence-electron chi connectivity index (χ1n) is 11.3. The predicted octanol–water partition coefficient (Wildman–Crippen LogP) is 10.2. The second-order valence-electron chi connectivity index (χ2n) is 8.39. The smallest absolute Gasteiger partial charge is 0.344 e. The quantitative estimate of drug-likeness (QED) is 0.187. The molecule has 0 saturated carbocycles. The number of carbonyl (C=O) groups is 1. The summed E-state index contributed by atoms with van der Waals surface area (Å²) in [5.41, 5.74) is 2.17. The molecular formula is C28H21Br3O3S. The number of hydrogen-bond acceptors (Lipinski definition) is 3. The van der Waals surface area contributed by atoms with Crippen LogP contribution in [0.1, 0.15) is 26.2 Å². The Morgan fingerprint density at radius 1 is 0.971 bits per heavy atom. The fourth-order valence-electron chi connectivity index (χ4n) is 4.48. The lowest BCUT2D eigenvalue weighted by Gasteiger charge is -2.19. The van der Waals surface area contributed by atoms with Crippen molar-refractivity contribution in [2.75, 3.05) is 0 Å². The van der Waals surface area contributed by atoms with Gasteiger partial charge in [-0.15, -0.1) is 11.3 Å². The molecule has 0 fully saturated rings. The van der Waals surface area contributed by atoms with Gasteiger partial charge in [0.1, 0.15) is 5.75 Å². The summed E-state index contributed by atoms with van der Waals surface area (Å²) in [7, 11) is 0. The highest BCUT2D eigenvalue weighted by molar-refractivity contribution is 9.11. The third-order valence-corrected chi connectivity index (χ3v) is 9.57. The molecule has 0 aliphatic carbocycles. The molecule has 5 rings (SSSR count). The zero-order valence-electron chi connectivity index (χ0n) is 18.8. The van der Waals surface area contributed by atoms with Crippen LogP contribution in [0.3, 0.4) is 0 Å². The zero-order chi connectivity index (χ0) is 24.7. The number of carboxylic acids is 1. The third-order valence-electron chi connectivity index (χ3n) is 6.12. The largest absolute Gasteiger partial charge is 0.479 e. The maximum Gasteiger partial charge on any atom is 0.344 e. The molecule has 0 aliphatic heterocycles. The summed E-state index contributed by atoms with van der Waals surface area (Å²) in [6.45, 7) is 2.04. The van der Waals surface area contributed by atoms with Crippen molar-refractivity contribution in [1.82, 2.24) is 0 Å². The molecule has 0 radical (unpaired) electrons. The number of halogens is 3. The van der Waals surface area contributed by atoms with Gasteiger partial charge in [0.05, 0.1) is 13.6 Å². The molecule has 1 atom stereocenters. The molecule has 1 N–H and O–H groups in total. The maximum atomic E-state index is 11.8. The fraction of sp³-hybridized carbons (Fsp3) is 0.179. The Balaban J connectivity index is 1.75. The van der Waals surface area contributed by atoms with Crippen LogP contribution in [-0.2, 0) is 4.79 Å². The zero-order valence-corrected chi connectivity index (χ0v) is 24.4. The van der Waals surface area contributed by atoms with Gasteiger partial charge in [0, 0.05) is 19.9 Å². The lowest BCUT2D eigenvalue weighted by molar-refractivity contribution is -0.145. The van der Waals surface area contributed by atoms with Gasteiger partial charge in [-0.1, -0.05) is 55.8 Å². The van der Waals surface area contributed by atoms with Crippen LogP contribution < -0.4 is 4.74 Å². The van der Waals surface area contributed by atoms with E-state index in [1.807, 2.05) is 19.1 Å². The highest BCUT2D eigenvalue weighted by Gasteiger charge is 2.24. The molecule has 1 heterocycles. The number of ether oxygens (including phenoxy) is 1. The molecule has 3 nitrogen and oxygen atoms in total. The predicted molar refractivity (Wildman–Crippen MR) is 157 cm³/mol. The van der Waals surface area contributed by atoms with E-state index < -0.39 is 12.1 Å². The Bertz CT molecular complexity index is 1570. The van der Waals surface area contributed by atoms with E-state index >= 15 is 0 Å². The van der Waals surface area contributed by atoms with Crippen molar-refractivity contribution in [1.29, 1.82) is 0 Å². The van der Waals surface area contributed by atoms with Crippen LogP contribution in [0.5, 0.6) is 5.75 Å². The number of fused-ring (bicyclic) bond motifs is 4. The van der Waals surface area contributed by atoms with Gasteiger partial charge in [-0.3, -0.25) is 0 Å². The first-order chi connectivity index (χ1) is 16.9. The standard InChI is InChI=1S/C28H21Br3O3S/c1-2-3-11-21(28(32)33)34-26-19(29)13-15(14-20(26)30)23-16-8-4-5-9-17(16)25(31)27-24(23)18-10-6-7-12-22(18)35-27/h4-10,12-14,21H,2-3,11H2,1H3,(H,32,33). The monoisotopic (exact) mass is 674 g/mol. The Labute approximate surface area is 232 Å². The summed E-state index contributed by atoms with van der Waals surface area (Å²) in [6, 6.07) is 20.9. The van der Waals surface area contributed by atoms with Crippen LogP contribution in [0.15, 0.2) is 74.1 Å². The van der Waals surface area contributed by atoms with Gasteiger partial charge in [0.2, 0.25) is 0 Å². The van der Waals surface area contributed by atoms with Gasteiger partial charge < -0.3 is 9.84 Å². The maximum absolute atomic E-state index is 11.8. The molecule has 0 spiro atoms. The van der Waals surface area contributed by atoms with Gasteiger partial charge in [-0.05, 0) is 101 Å². The van der Waals surface area contributed by atoms with Crippen LogP contribution in [0.2, 0.25) is 0 Å². The minimum absolute atomic E-state index is 0.464. The molecular weight excluding hydrogens is 656 g/mol. The van der Waals surface area contributed by atoms with Crippen molar-refractivity contribution >= 4 is 96.0 Å². The van der Waals surface area contributed by atoms with Crippen molar-refractivity contribution in [2.45, 2.75) is 32.3 Å². The van der Waals surface area contributed by atoms with Crippen LogP contribution >= 0.6 is 59.1 Å². The van der Waals surface area contributed by atoms with Gasteiger partial charge in [-0.25, -0.2) is 4.79 Å². The lowest BCUT2D eigenvalue weighted by Crippen LogP contribution is -2.27. The van der Waals surface area contributed by atoms with E-state index in [2.05, 4.69) is 96.3 Å². The van der Waals surface area contributed by atoms with E-state index in [9.17, 15) is 9.90 Å². The molecule has 0 amide bonds. The van der Waals surface area contributed by atoms with Crippen LogP contribution in [0.25, 0.3) is 42.1 Å². The number of carboxylic acid groups (broad SMARTS) is 1. The summed E-state index contributed by atoms with van der Waals surface area (Å²) in [4.78, 5) is 11.8. The van der Waals surface area contributed by atoms with Crippen molar-refractivity contribution in [3.05, 3.63) is 74.1 Å². The number of benzene rings is 4. The summed E-state index contributed by atoms with van der Waals surface area (Å²) in [6.07, 6.45) is 1.27. The minimum atomic E-state index is -0.952. The fourth-order valence-corrected chi connectivity index (χ4v) is 7.80. The summed E-state index contributed by atoms with van der Waals surface area (Å²) < 4.78 is 10.9. The van der Waals surface area contributed by atoms with Gasteiger partial charge in [-0.2, -0.15) is 0 Å². The molecule has 4 aromatic carbocycles. The first kappa shape index (κ1) is 24.8. The molecule has 7 heteroatoms. The Hall–Kier alpha value is -1.93. The van der Waals surface area contributed by atoms with Crippen LogP contribution in [0.4, 0.5) is 0 Å². The van der Waals surface area contributed by atoms with Gasteiger partial charge in [0.25, 0.3) is 0 Å². The average Bonchev–Trinajstić information content (AvgIpc) is 3.23. The SMILES string of the molecule is CCCCC(Oc1c(Br)cc(-c2c3ccccc3c(Br)c3sc4ccccc4c23)cc1Br)C(=O)O. The molecule has 1 aromatic heterocycles. The summed E-state index contributed by atoms with van der Waals surface area (Å²) in [5.74, 6) is -0.447. The van der Waals surface area contributed by atoms with Crippen molar-refractivity contribution in [3.8, 4) is 16.9 Å². The normalized spacial score (nSPS) is 12.5. The molecule has 35 heavy (non-hydrogen) atoms. The number of thiophene rings is 1.